The zero-order valence-electron chi connectivity index (χ0n) is 18.1. The number of nitrogens with zero attached hydrogens (tertiary/aromatic N) is 3. The van der Waals surface area contributed by atoms with Crippen molar-refractivity contribution >= 4 is 22.6 Å². The second kappa shape index (κ2) is 10.0. The number of aryl methyl sites for hydroxylation is 1. The average Bonchev–Trinajstić information content (AvgIpc) is 2.68. The van der Waals surface area contributed by atoms with Crippen molar-refractivity contribution in [3.8, 4) is 0 Å². The van der Waals surface area contributed by atoms with Crippen LogP contribution in [-0.2, 0) is 6.54 Å². The molecule has 2 aromatic rings. The van der Waals surface area contributed by atoms with E-state index in [1.165, 1.54) is 6.20 Å². The third-order valence-corrected chi connectivity index (χ3v) is 4.94. The van der Waals surface area contributed by atoms with Crippen molar-refractivity contribution in [1.29, 1.82) is 0 Å². The highest BCUT2D eigenvalue weighted by atomic mass is 19.1. The van der Waals surface area contributed by atoms with E-state index in [-0.39, 0.29) is 12.0 Å². The molecular formula is C21H31FN4O4. The van der Waals surface area contributed by atoms with Gasteiger partial charge in [-0.15, -0.1) is 0 Å². The highest BCUT2D eigenvalue weighted by molar-refractivity contribution is 5.92. The number of carboxylic acid groups (broad SMARTS) is 1. The summed E-state index contributed by atoms with van der Waals surface area (Å²) >= 11 is 0. The molecule has 1 fully saturated rings. The van der Waals surface area contributed by atoms with Crippen molar-refractivity contribution in [2.75, 3.05) is 65.4 Å². The third-order valence-electron chi connectivity index (χ3n) is 4.94. The van der Waals surface area contributed by atoms with Crippen molar-refractivity contribution in [2.24, 2.45) is 0 Å². The number of aliphatic hydroxyl groups excluding tert-OH is 1. The van der Waals surface area contributed by atoms with Gasteiger partial charge in [0.05, 0.1) is 50.5 Å². The van der Waals surface area contributed by atoms with Gasteiger partial charge < -0.3 is 34.3 Å². The number of hydrogen-bond acceptors (Lipinski definition) is 6. The number of nitrogens with one attached hydrogen (secondary N) is 1. The predicted octanol–water partition coefficient (Wildman–Crippen LogP) is -0.381. The molecule has 0 aliphatic carbocycles. The van der Waals surface area contributed by atoms with Crippen molar-refractivity contribution in [2.45, 2.75) is 13.5 Å². The largest absolute Gasteiger partial charge is 0.545 e. The standard InChI is InChI=1S/C16H18FN3O3.C5H14NO/c1-2-19-9-11(16(22)23)15(21)10-7-12(17)14(8-13(10)19)20-5-3-18-4-6-20;1-6(2,3)4-5-7/h7-9,18H,2-6H2,1H3,(H,22,23);7H,4-5H2,1-3H3/q;+1/p-1. The van der Waals surface area contributed by atoms with E-state index >= 15 is 0 Å². The first-order chi connectivity index (χ1) is 14.1. The molecule has 0 amide bonds. The van der Waals surface area contributed by atoms with Gasteiger partial charge in [0.25, 0.3) is 0 Å². The fourth-order valence-corrected chi connectivity index (χ4v) is 3.25. The molecule has 1 aromatic heterocycles. The lowest BCUT2D eigenvalue weighted by molar-refractivity contribution is -0.870. The summed E-state index contributed by atoms with van der Waals surface area (Å²) in [5.41, 5.74) is -0.205. The number of anilines is 1. The van der Waals surface area contributed by atoms with Crippen LogP contribution in [0, 0.1) is 5.82 Å². The van der Waals surface area contributed by atoms with Gasteiger partial charge in [-0.2, -0.15) is 0 Å². The second-order valence-electron chi connectivity index (χ2n) is 8.24. The summed E-state index contributed by atoms with van der Waals surface area (Å²) < 4.78 is 17.0. The quantitative estimate of drug-likeness (QED) is 0.638. The Balaban J connectivity index is 0.000000396. The number of aromatic nitrogens is 1. The number of halogens is 1. The number of carbonyl (C=O) groups excluding carboxylic acids is 1. The molecule has 9 heteroatoms. The van der Waals surface area contributed by atoms with Crippen LogP contribution >= 0.6 is 0 Å². The molecule has 0 bridgehead atoms. The molecule has 0 saturated carbocycles. The van der Waals surface area contributed by atoms with E-state index in [1.807, 2.05) is 11.8 Å². The molecule has 30 heavy (non-hydrogen) atoms. The Kier molecular flexibility index (Phi) is 7.94. The minimum atomic E-state index is -1.55. The summed E-state index contributed by atoms with van der Waals surface area (Å²) in [7, 11) is 6.16. The zero-order chi connectivity index (χ0) is 22.5. The number of aliphatic hydroxyl groups is 1. The highest BCUT2D eigenvalue weighted by Crippen LogP contribution is 2.25. The first kappa shape index (κ1) is 23.8. The van der Waals surface area contributed by atoms with Crippen LogP contribution in [-0.4, -0.2) is 80.6 Å². The van der Waals surface area contributed by atoms with Crippen molar-refractivity contribution < 1.29 is 23.9 Å². The Morgan fingerprint density at radius 1 is 1.27 bits per heavy atom. The average molecular weight is 423 g/mol. The lowest BCUT2D eigenvalue weighted by Crippen LogP contribution is -2.44. The van der Waals surface area contributed by atoms with E-state index in [9.17, 15) is 19.1 Å². The van der Waals surface area contributed by atoms with Crippen LogP contribution in [0.4, 0.5) is 10.1 Å². The van der Waals surface area contributed by atoms with Crippen LogP contribution in [0.5, 0.6) is 0 Å². The molecule has 0 spiro atoms. The van der Waals surface area contributed by atoms with E-state index < -0.39 is 22.8 Å². The smallest absolute Gasteiger partial charge is 0.198 e. The monoisotopic (exact) mass is 422 g/mol. The minimum Gasteiger partial charge on any atom is -0.545 e. The van der Waals surface area contributed by atoms with Gasteiger partial charge in [-0.1, -0.05) is 0 Å². The maximum absolute atomic E-state index is 14.5. The van der Waals surface area contributed by atoms with Gasteiger partial charge in [0.1, 0.15) is 12.4 Å². The molecule has 2 heterocycles. The van der Waals surface area contributed by atoms with Gasteiger partial charge in [-0.3, -0.25) is 4.79 Å². The van der Waals surface area contributed by atoms with Gasteiger partial charge in [-0.25, -0.2) is 4.39 Å². The SMILES string of the molecule is CCn1cc(C(=O)[O-])c(=O)c2cc(F)c(N3CCNCC3)cc21.C[N+](C)(C)CCO. The molecule has 1 aliphatic heterocycles. The number of fused-ring (bicyclic) bond motifs is 1. The number of hydrogen-bond donors (Lipinski definition) is 2. The van der Waals surface area contributed by atoms with E-state index in [0.29, 0.717) is 30.8 Å². The van der Waals surface area contributed by atoms with Crippen LogP contribution < -0.4 is 20.8 Å². The second-order valence-corrected chi connectivity index (χ2v) is 8.24. The van der Waals surface area contributed by atoms with Gasteiger partial charge >= 0.3 is 0 Å². The molecule has 8 nitrogen and oxygen atoms in total. The van der Waals surface area contributed by atoms with E-state index in [2.05, 4.69) is 26.5 Å². The first-order valence-electron chi connectivity index (χ1n) is 10.0. The maximum Gasteiger partial charge on any atom is 0.198 e. The number of benzene rings is 1. The van der Waals surface area contributed by atoms with Gasteiger partial charge in [0.15, 0.2) is 5.43 Å². The Labute approximate surface area is 175 Å². The fraction of sp³-hybridized carbons (Fsp3) is 0.524. The van der Waals surface area contributed by atoms with Gasteiger partial charge in [-0.05, 0) is 19.1 Å². The number of piperazine rings is 1. The van der Waals surface area contributed by atoms with E-state index in [0.717, 1.165) is 30.2 Å². The molecule has 166 valence electrons. The summed E-state index contributed by atoms with van der Waals surface area (Å²) in [6, 6.07) is 2.76. The van der Waals surface area contributed by atoms with Crippen LogP contribution in [0.25, 0.3) is 10.9 Å². The van der Waals surface area contributed by atoms with Crippen LogP contribution in [0.2, 0.25) is 0 Å². The minimum absolute atomic E-state index is 0.0601. The number of quaternary nitrogens is 1. The molecule has 0 unspecified atom stereocenters. The lowest BCUT2D eigenvalue weighted by Gasteiger charge is -2.30. The summed E-state index contributed by atoms with van der Waals surface area (Å²) in [5.74, 6) is -2.07. The molecule has 0 atom stereocenters. The van der Waals surface area contributed by atoms with Crippen LogP contribution in [0.15, 0.2) is 23.1 Å². The highest BCUT2D eigenvalue weighted by Gasteiger charge is 2.18. The number of carboxylic acids is 1. The normalized spacial score (nSPS) is 14.4. The number of rotatable bonds is 5. The van der Waals surface area contributed by atoms with Crippen molar-refractivity contribution in [3.63, 3.8) is 0 Å². The zero-order valence-corrected chi connectivity index (χ0v) is 18.1. The summed E-state index contributed by atoms with van der Waals surface area (Å²) in [6.45, 7) is 6.29. The molecular weight excluding hydrogens is 391 g/mol. The van der Waals surface area contributed by atoms with E-state index in [1.54, 1.807) is 10.6 Å². The number of pyridine rings is 1. The topological polar surface area (TPSA) is 97.6 Å². The Bertz CT molecular complexity index is 947. The van der Waals surface area contributed by atoms with Crippen LogP contribution in [0.1, 0.15) is 17.3 Å². The molecule has 1 aliphatic rings. The van der Waals surface area contributed by atoms with Crippen molar-refractivity contribution in [3.05, 3.63) is 39.9 Å². The molecule has 1 aromatic carbocycles. The van der Waals surface area contributed by atoms with Crippen molar-refractivity contribution in [1.82, 2.24) is 9.88 Å². The van der Waals surface area contributed by atoms with Gasteiger partial charge in [0, 0.05) is 44.3 Å². The number of carbonyl (C=O) groups is 1. The van der Waals surface area contributed by atoms with E-state index in [4.69, 9.17) is 5.11 Å². The Hall–Kier alpha value is -2.49. The summed E-state index contributed by atoms with van der Waals surface area (Å²) in [6.07, 6.45) is 1.26. The first-order valence-corrected chi connectivity index (χ1v) is 10.0. The molecule has 1 saturated heterocycles. The Morgan fingerprint density at radius 2 is 1.90 bits per heavy atom. The molecule has 3 rings (SSSR count). The Morgan fingerprint density at radius 3 is 2.37 bits per heavy atom. The van der Waals surface area contributed by atoms with Crippen LogP contribution in [0.3, 0.4) is 0 Å². The van der Waals surface area contributed by atoms with Gasteiger partial charge in [0.2, 0.25) is 0 Å². The predicted molar refractivity (Wildman–Crippen MR) is 113 cm³/mol. The number of aromatic carboxylic acids is 1. The summed E-state index contributed by atoms with van der Waals surface area (Å²) in [4.78, 5) is 25.3. The molecule has 0 radical (unpaired) electrons. The molecule has 2 N–H and O–H groups in total. The summed E-state index contributed by atoms with van der Waals surface area (Å²) in [5, 5.41) is 22.7. The maximum atomic E-state index is 14.5. The third kappa shape index (κ3) is 5.78. The lowest BCUT2D eigenvalue weighted by atomic mass is 10.1. The fourth-order valence-electron chi connectivity index (χ4n) is 3.25. The number of likely N-dealkylation sites (N-methyl/N-ethyl adjacent to an activating group) is 1.